The number of carbonyl (C=O) groups is 1. The van der Waals surface area contributed by atoms with E-state index in [9.17, 15) is 18.0 Å². The maximum absolute atomic E-state index is 12.8. The Balaban J connectivity index is 1.92. The summed E-state index contributed by atoms with van der Waals surface area (Å²) in [6, 6.07) is 10.1. The predicted octanol–water partition coefficient (Wildman–Crippen LogP) is 1.08. The van der Waals surface area contributed by atoms with E-state index in [-0.39, 0.29) is 23.4 Å². The molecule has 0 N–H and O–H groups in total. The number of aromatic nitrogens is 1. The molecule has 1 aromatic heterocycles. The van der Waals surface area contributed by atoms with Crippen LogP contribution in [0.2, 0.25) is 0 Å². The second-order valence-corrected chi connectivity index (χ2v) is 8.72. The van der Waals surface area contributed by atoms with Crippen molar-refractivity contribution in [3.8, 4) is 0 Å². The number of sulfonamides is 1. The van der Waals surface area contributed by atoms with E-state index < -0.39 is 15.6 Å². The van der Waals surface area contributed by atoms with Gasteiger partial charge in [-0.15, -0.1) is 0 Å². The Hall–Kier alpha value is -2.45. The number of hydrogen-bond donors (Lipinski definition) is 0. The molecule has 2 heterocycles. The molecule has 7 nitrogen and oxygen atoms in total. The minimum atomic E-state index is -3.68. The van der Waals surface area contributed by atoms with Gasteiger partial charge >= 0.3 is 0 Å². The van der Waals surface area contributed by atoms with Crippen LogP contribution in [0.15, 0.2) is 52.3 Å². The molecular weight excluding hydrogens is 354 g/mol. The van der Waals surface area contributed by atoms with Gasteiger partial charge in [-0.2, -0.15) is 0 Å². The van der Waals surface area contributed by atoms with Crippen LogP contribution in [0.1, 0.15) is 12.5 Å². The zero-order chi connectivity index (χ0) is 19.1. The predicted molar refractivity (Wildman–Crippen MR) is 98.7 cm³/mol. The number of hydrogen-bond acceptors (Lipinski definition) is 4. The highest BCUT2D eigenvalue weighted by Gasteiger charge is 2.30. The zero-order valence-electron chi connectivity index (χ0n) is 14.9. The van der Waals surface area contributed by atoms with Crippen LogP contribution in [0.3, 0.4) is 0 Å². The van der Waals surface area contributed by atoms with Gasteiger partial charge < -0.3 is 9.47 Å². The summed E-state index contributed by atoms with van der Waals surface area (Å²) in [4.78, 5) is 26.6. The Labute approximate surface area is 152 Å². The van der Waals surface area contributed by atoms with E-state index in [1.54, 1.807) is 4.90 Å². The van der Waals surface area contributed by atoms with E-state index in [0.29, 0.717) is 0 Å². The Morgan fingerprint density at radius 2 is 1.88 bits per heavy atom. The van der Waals surface area contributed by atoms with Gasteiger partial charge in [0.25, 0.3) is 5.56 Å². The van der Waals surface area contributed by atoms with E-state index >= 15 is 0 Å². The number of amides is 1. The highest BCUT2D eigenvalue weighted by atomic mass is 32.2. The number of anilines is 1. The minimum Gasteiger partial charge on any atom is -0.307 e. The van der Waals surface area contributed by atoms with Gasteiger partial charge in [-0.25, -0.2) is 12.7 Å². The van der Waals surface area contributed by atoms with E-state index in [4.69, 9.17) is 0 Å². The summed E-state index contributed by atoms with van der Waals surface area (Å²) in [7, 11) is -0.851. The van der Waals surface area contributed by atoms with Crippen molar-refractivity contribution >= 4 is 21.6 Å². The number of benzene rings is 1. The second-order valence-electron chi connectivity index (χ2n) is 6.56. The van der Waals surface area contributed by atoms with E-state index in [1.165, 1.54) is 32.4 Å². The summed E-state index contributed by atoms with van der Waals surface area (Å²) in [6.45, 7) is 1.74. The fraction of sp³-hybridized carbons (Fsp3) is 0.333. The molecule has 0 bridgehead atoms. The highest BCUT2D eigenvalue weighted by Crippen LogP contribution is 2.31. The van der Waals surface area contributed by atoms with Crippen LogP contribution < -0.4 is 10.5 Å². The van der Waals surface area contributed by atoms with Crippen molar-refractivity contribution in [3.63, 3.8) is 0 Å². The van der Waals surface area contributed by atoms with Gasteiger partial charge in [-0.3, -0.25) is 9.59 Å². The van der Waals surface area contributed by atoms with Gasteiger partial charge in [-0.05, 0) is 31.0 Å². The maximum Gasteiger partial charge on any atom is 0.251 e. The second kappa shape index (κ2) is 6.69. The lowest BCUT2D eigenvalue weighted by atomic mass is 10.1. The summed E-state index contributed by atoms with van der Waals surface area (Å²) in [5, 5.41) is 0. The lowest BCUT2D eigenvalue weighted by Gasteiger charge is -2.23. The number of rotatable bonds is 4. The molecule has 0 fully saturated rings. The summed E-state index contributed by atoms with van der Waals surface area (Å²) in [5.41, 5.74) is 1.51. The lowest BCUT2D eigenvalue weighted by Crippen LogP contribution is -2.40. The quantitative estimate of drug-likeness (QED) is 0.801. The molecule has 1 unspecified atom stereocenters. The summed E-state index contributed by atoms with van der Waals surface area (Å²) in [6.07, 6.45) is 1.98. The van der Waals surface area contributed by atoms with Crippen LogP contribution in [-0.2, 0) is 27.8 Å². The Kier molecular flexibility index (Phi) is 4.72. The lowest BCUT2D eigenvalue weighted by molar-refractivity contribution is -0.119. The van der Waals surface area contributed by atoms with Gasteiger partial charge in [-0.1, -0.05) is 18.2 Å². The first kappa shape index (κ1) is 18.3. The molecule has 1 atom stereocenters. The third kappa shape index (κ3) is 3.17. The Morgan fingerprint density at radius 3 is 2.58 bits per heavy atom. The molecule has 2 aromatic rings. The number of nitrogens with zero attached hydrogens (tertiary/aromatic N) is 3. The first-order valence-corrected chi connectivity index (χ1v) is 9.69. The van der Waals surface area contributed by atoms with E-state index in [2.05, 4.69) is 0 Å². The molecule has 26 heavy (non-hydrogen) atoms. The van der Waals surface area contributed by atoms with Crippen LogP contribution in [0.4, 0.5) is 5.69 Å². The van der Waals surface area contributed by atoms with Crippen molar-refractivity contribution in [3.05, 3.63) is 58.5 Å². The fourth-order valence-corrected chi connectivity index (χ4v) is 4.09. The van der Waals surface area contributed by atoms with Crippen LogP contribution in [-0.4, -0.2) is 43.3 Å². The van der Waals surface area contributed by atoms with Gasteiger partial charge in [0.1, 0.15) is 6.54 Å². The van der Waals surface area contributed by atoms with Gasteiger partial charge in [0.05, 0.1) is 4.90 Å². The molecule has 3 rings (SSSR count). The molecule has 138 valence electrons. The fourth-order valence-electron chi connectivity index (χ4n) is 3.16. The zero-order valence-corrected chi connectivity index (χ0v) is 15.7. The van der Waals surface area contributed by atoms with Gasteiger partial charge in [0.2, 0.25) is 15.9 Å². The third-order valence-corrected chi connectivity index (χ3v) is 6.32. The SMILES string of the molecule is CC1Cc2ccccc2N1C(=O)Cn1cc(S(=O)(=O)N(C)C)ccc1=O. The maximum atomic E-state index is 12.8. The number of para-hydroxylation sites is 1. The van der Waals surface area contributed by atoms with Crippen molar-refractivity contribution < 1.29 is 13.2 Å². The third-order valence-electron chi connectivity index (χ3n) is 4.52. The molecule has 0 saturated heterocycles. The van der Waals surface area contributed by atoms with Gasteiger partial charge in [0.15, 0.2) is 0 Å². The monoisotopic (exact) mass is 375 g/mol. The molecule has 1 amide bonds. The molecule has 1 aliphatic heterocycles. The van der Waals surface area contributed by atoms with E-state index in [1.807, 2.05) is 31.2 Å². The van der Waals surface area contributed by atoms with Crippen molar-refractivity contribution in [2.45, 2.75) is 30.8 Å². The van der Waals surface area contributed by atoms with Crippen LogP contribution in [0.5, 0.6) is 0 Å². The number of carbonyl (C=O) groups excluding carboxylic acids is 1. The Bertz CT molecular complexity index is 1010. The van der Waals surface area contributed by atoms with Crippen molar-refractivity contribution in [2.75, 3.05) is 19.0 Å². The summed E-state index contributed by atoms with van der Waals surface area (Å²) < 4.78 is 26.7. The van der Waals surface area contributed by atoms with Crippen molar-refractivity contribution in [1.82, 2.24) is 8.87 Å². The molecule has 8 heteroatoms. The first-order chi connectivity index (χ1) is 12.2. The largest absolute Gasteiger partial charge is 0.307 e. The summed E-state index contributed by atoms with van der Waals surface area (Å²) >= 11 is 0. The topological polar surface area (TPSA) is 79.7 Å². The van der Waals surface area contributed by atoms with Gasteiger partial charge in [0, 0.05) is 38.1 Å². The molecular formula is C18H21N3O4S. The summed E-state index contributed by atoms with van der Waals surface area (Å²) in [5.74, 6) is -0.246. The standard InChI is InChI=1S/C18H21N3O4S/c1-13-10-14-6-4-5-7-16(14)21(13)18(23)12-20-11-15(8-9-17(20)22)26(24,25)19(2)3/h4-9,11,13H,10,12H2,1-3H3. The number of pyridine rings is 1. The highest BCUT2D eigenvalue weighted by molar-refractivity contribution is 7.89. The molecule has 0 radical (unpaired) electrons. The van der Waals surface area contributed by atoms with Crippen LogP contribution >= 0.6 is 0 Å². The Morgan fingerprint density at radius 1 is 1.19 bits per heavy atom. The molecule has 0 aliphatic carbocycles. The van der Waals surface area contributed by atoms with Crippen LogP contribution in [0, 0.1) is 0 Å². The smallest absolute Gasteiger partial charge is 0.251 e. The average Bonchev–Trinajstić information content (AvgIpc) is 2.92. The first-order valence-electron chi connectivity index (χ1n) is 8.25. The average molecular weight is 375 g/mol. The number of fused-ring (bicyclic) bond motifs is 1. The van der Waals surface area contributed by atoms with Crippen molar-refractivity contribution in [2.24, 2.45) is 0 Å². The minimum absolute atomic E-state index is 0.00991. The molecule has 1 aliphatic rings. The van der Waals surface area contributed by atoms with Crippen molar-refractivity contribution in [1.29, 1.82) is 0 Å². The molecule has 0 saturated carbocycles. The normalized spacial score (nSPS) is 16.8. The van der Waals surface area contributed by atoms with E-state index in [0.717, 1.165) is 26.5 Å². The van der Waals surface area contributed by atoms with Crippen LogP contribution in [0.25, 0.3) is 0 Å². The molecule has 0 spiro atoms. The molecule has 1 aromatic carbocycles.